The molecule has 1 fully saturated rings. The van der Waals surface area contributed by atoms with Gasteiger partial charge in [0.05, 0.1) is 0 Å². The molecule has 1 N–H and O–H groups in total. The SMILES string of the molecule is O=C(CCNCc1cc(F)cc(Br)c1)N1CCCC1. The van der Waals surface area contributed by atoms with Crippen LogP contribution in [0.1, 0.15) is 24.8 Å². The van der Waals surface area contributed by atoms with Crippen LogP contribution in [0.15, 0.2) is 22.7 Å². The number of halogens is 2. The van der Waals surface area contributed by atoms with Crippen LogP contribution < -0.4 is 5.32 Å². The Balaban J connectivity index is 1.70. The lowest BCUT2D eigenvalue weighted by atomic mass is 10.2. The Morgan fingerprint density at radius 1 is 1.32 bits per heavy atom. The molecular weight excluding hydrogens is 311 g/mol. The second-order valence-corrected chi connectivity index (χ2v) is 5.71. The Morgan fingerprint density at radius 3 is 2.74 bits per heavy atom. The number of hydrogen-bond acceptors (Lipinski definition) is 2. The lowest BCUT2D eigenvalue weighted by Gasteiger charge is -2.15. The molecule has 5 heteroatoms. The minimum absolute atomic E-state index is 0.213. The number of hydrogen-bond donors (Lipinski definition) is 1. The van der Waals surface area contributed by atoms with Crippen LogP contribution in [0.25, 0.3) is 0 Å². The fourth-order valence-electron chi connectivity index (χ4n) is 2.27. The summed E-state index contributed by atoms with van der Waals surface area (Å²) in [5.74, 6) is -0.0373. The minimum atomic E-state index is -0.251. The van der Waals surface area contributed by atoms with E-state index in [9.17, 15) is 9.18 Å². The van der Waals surface area contributed by atoms with Gasteiger partial charge >= 0.3 is 0 Å². The zero-order chi connectivity index (χ0) is 13.7. The summed E-state index contributed by atoms with van der Waals surface area (Å²) in [6.07, 6.45) is 2.75. The molecule has 0 saturated carbocycles. The number of likely N-dealkylation sites (tertiary alicyclic amines) is 1. The Hall–Kier alpha value is -0.940. The summed E-state index contributed by atoms with van der Waals surface area (Å²) in [4.78, 5) is 13.7. The van der Waals surface area contributed by atoms with E-state index >= 15 is 0 Å². The number of amides is 1. The number of carbonyl (C=O) groups excluding carboxylic acids is 1. The highest BCUT2D eigenvalue weighted by molar-refractivity contribution is 9.10. The largest absolute Gasteiger partial charge is 0.343 e. The standard InChI is InChI=1S/C14H18BrFN2O/c15-12-7-11(8-13(16)9-12)10-17-4-3-14(19)18-5-1-2-6-18/h7-9,17H,1-6,10H2. The van der Waals surface area contributed by atoms with Gasteiger partial charge in [-0.3, -0.25) is 4.79 Å². The molecule has 1 saturated heterocycles. The first-order valence-electron chi connectivity index (χ1n) is 6.58. The van der Waals surface area contributed by atoms with E-state index in [1.807, 2.05) is 11.0 Å². The molecule has 0 atom stereocenters. The molecule has 0 radical (unpaired) electrons. The fourth-order valence-corrected chi connectivity index (χ4v) is 2.78. The Labute approximate surface area is 121 Å². The van der Waals surface area contributed by atoms with Gasteiger partial charge in [-0.1, -0.05) is 15.9 Å². The highest BCUT2D eigenvalue weighted by Gasteiger charge is 2.16. The molecule has 1 amide bonds. The summed E-state index contributed by atoms with van der Waals surface area (Å²) in [6, 6.07) is 4.80. The molecule has 0 aromatic heterocycles. The molecule has 0 aliphatic carbocycles. The maximum Gasteiger partial charge on any atom is 0.223 e. The summed E-state index contributed by atoms with van der Waals surface area (Å²) in [5, 5.41) is 3.18. The number of nitrogens with zero attached hydrogens (tertiary/aromatic N) is 1. The van der Waals surface area contributed by atoms with Gasteiger partial charge in [0.15, 0.2) is 0 Å². The summed E-state index contributed by atoms with van der Waals surface area (Å²) >= 11 is 3.26. The second-order valence-electron chi connectivity index (χ2n) is 4.79. The van der Waals surface area contributed by atoms with E-state index in [2.05, 4.69) is 21.2 Å². The molecule has 1 heterocycles. The van der Waals surface area contributed by atoms with Crippen LogP contribution in [0.2, 0.25) is 0 Å². The van der Waals surface area contributed by atoms with Crippen molar-refractivity contribution in [3.05, 3.63) is 34.1 Å². The fraction of sp³-hybridized carbons (Fsp3) is 0.500. The molecule has 2 rings (SSSR count). The van der Waals surface area contributed by atoms with E-state index in [4.69, 9.17) is 0 Å². The minimum Gasteiger partial charge on any atom is -0.343 e. The van der Waals surface area contributed by atoms with Crippen LogP contribution in [0.3, 0.4) is 0 Å². The number of nitrogens with one attached hydrogen (secondary N) is 1. The average molecular weight is 329 g/mol. The van der Waals surface area contributed by atoms with Gasteiger partial charge in [-0.05, 0) is 36.6 Å². The van der Waals surface area contributed by atoms with Gasteiger partial charge < -0.3 is 10.2 Å². The van der Waals surface area contributed by atoms with Crippen LogP contribution in [0, 0.1) is 5.82 Å². The van der Waals surface area contributed by atoms with Crippen molar-refractivity contribution in [1.29, 1.82) is 0 Å². The molecular formula is C14H18BrFN2O. The predicted molar refractivity (Wildman–Crippen MR) is 76.2 cm³/mol. The third-order valence-electron chi connectivity index (χ3n) is 3.23. The topological polar surface area (TPSA) is 32.3 Å². The van der Waals surface area contributed by atoms with Crippen molar-refractivity contribution in [1.82, 2.24) is 10.2 Å². The third kappa shape index (κ3) is 4.58. The first-order valence-corrected chi connectivity index (χ1v) is 7.38. The van der Waals surface area contributed by atoms with Crippen molar-refractivity contribution in [3.63, 3.8) is 0 Å². The molecule has 1 aliphatic rings. The Kier molecular flexibility index (Phi) is 5.34. The van der Waals surface area contributed by atoms with Crippen LogP contribution in [0.5, 0.6) is 0 Å². The smallest absolute Gasteiger partial charge is 0.223 e. The average Bonchev–Trinajstić information content (AvgIpc) is 2.87. The lowest BCUT2D eigenvalue weighted by Crippen LogP contribution is -2.30. The lowest BCUT2D eigenvalue weighted by molar-refractivity contribution is -0.130. The second kappa shape index (κ2) is 7.01. The van der Waals surface area contributed by atoms with Crippen molar-refractivity contribution in [2.24, 2.45) is 0 Å². The van der Waals surface area contributed by atoms with E-state index in [-0.39, 0.29) is 11.7 Å². The molecule has 1 aromatic carbocycles. The number of rotatable bonds is 5. The molecule has 3 nitrogen and oxygen atoms in total. The van der Waals surface area contributed by atoms with Gasteiger partial charge in [0.2, 0.25) is 5.91 Å². The van der Waals surface area contributed by atoms with Gasteiger partial charge in [0.25, 0.3) is 0 Å². The van der Waals surface area contributed by atoms with Crippen LogP contribution in [-0.4, -0.2) is 30.4 Å². The van der Waals surface area contributed by atoms with Gasteiger partial charge in [0.1, 0.15) is 5.82 Å². The highest BCUT2D eigenvalue weighted by atomic mass is 79.9. The zero-order valence-electron chi connectivity index (χ0n) is 10.8. The van der Waals surface area contributed by atoms with Crippen LogP contribution in [-0.2, 0) is 11.3 Å². The monoisotopic (exact) mass is 328 g/mol. The molecule has 1 aliphatic heterocycles. The first-order chi connectivity index (χ1) is 9.15. The van der Waals surface area contributed by atoms with Crippen molar-refractivity contribution >= 4 is 21.8 Å². The highest BCUT2D eigenvalue weighted by Crippen LogP contribution is 2.14. The molecule has 104 valence electrons. The summed E-state index contributed by atoms with van der Waals surface area (Å²) in [7, 11) is 0. The molecule has 0 unspecified atom stereocenters. The Bertz CT molecular complexity index is 427. The van der Waals surface area contributed by atoms with Crippen LogP contribution >= 0.6 is 15.9 Å². The molecule has 0 bridgehead atoms. The third-order valence-corrected chi connectivity index (χ3v) is 3.68. The Morgan fingerprint density at radius 2 is 2.05 bits per heavy atom. The van der Waals surface area contributed by atoms with Gasteiger partial charge in [-0.15, -0.1) is 0 Å². The predicted octanol–water partition coefficient (Wildman–Crippen LogP) is 2.69. The van der Waals surface area contributed by atoms with E-state index in [1.54, 1.807) is 0 Å². The van der Waals surface area contributed by atoms with Crippen molar-refractivity contribution in [2.75, 3.05) is 19.6 Å². The molecule has 0 spiro atoms. The van der Waals surface area contributed by atoms with Crippen LogP contribution in [0.4, 0.5) is 4.39 Å². The van der Waals surface area contributed by atoms with Gasteiger partial charge in [0, 0.05) is 37.1 Å². The number of benzene rings is 1. The summed E-state index contributed by atoms with van der Waals surface area (Å²) < 4.78 is 13.9. The van der Waals surface area contributed by atoms with E-state index in [0.29, 0.717) is 19.5 Å². The summed E-state index contributed by atoms with van der Waals surface area (Å²) in [5.41, 5.74) is 0.875. The summed E-state index contributed by atoms with van der Waals surface area (Å²) in [6.45, 7) is 3.00. The van der Waals surface area contributed by atoms with E-state index in [1.165, 1.54) is 12.1 Å². The van der Waals surface area contributed by atoms with E-state index < -0.39 is 0 Å². The first kappa shape index (κ1) is 14.5. The molecule has 19 heavy (non-hydrogen) atoms. The maximum absolute atomic E-state index is 13.2. The van der Waals surface area contributed by atoms with Crippen molar-refractivity contribution in [3.8, 4) is 0 Å². The van der Waals surface area contributed by atoms with Crippen molar-refractivity contribution < 1.29 is 9.18 Å². The van der Waals surface area contributed by atoms with Gasteiger partial charge in [-0.25, -0.2) is 4.39 Å². The van der Waals surface area contributed by atoms with Crippen molar-refractivity contribution in [2.45, 2.75) is 25.8 Å². The normalized spacial score (nSPS) is 14.9. The number of carbonyl (C=O) groups is 1. The zero-order valence-corrected chi connectivity index (χ0v) is 12.4. The van der Waals surface area contributed by atoms with Gasteiger partial charge in [-0.2, -0.15) is 0 Å². The molecule has 1 aromatic rings. The maximum atomic E-state index is 13.2. The quantitative estimate of drug-likeness (QED) is 0.843. The van der Waals surface area contributed by atoms with E-state index in [0.717, 1.165) is 36.0 Å².